The molecule has 0 fully saturated rings. The molecule has 0 bridgehead atoms. The zero-order valence-electron chi connectivity index (χ0n) is 10.8. The molecule has 2 N–H and O–H groups in total. The zero-order chi connectivity index (χ0) is 13.9. The predicted molar refractivity (Wildman–Crippen MR) is 76.7 cm³/mol. The molecular weight excluding hydrogens is 272 g/mol. The second-order valence-corrected chi connectivity index (χ2v) is 5.19. The van der Waals surface area contributed by atoms with Gasteiger partial charge in [0.25, 0.3) is 5.95 Å². The van der Waals surface area contributed by atoms with E-state index in [9.17, 15) is 0 Å². The fraction of sp³-hybridized carbons (Fsp3) is 0.0769. The Kier molecular flexibility index (Phi) is 3.34. The van der Waals surface area contributed by atoms with Crippen LogP contribution in [0.25, 0.3) is 5.95 Å². The first kappa shape index (κ1) is 12.6. The second kappa shape index (κ2) is 5.30. The normalized spacial score (nSPS) is 10.7. The maximum absolute atomic E-state index is 5.73. The van der Waals surface area contributed by atoms with Crippen LogP contribution < -0.4 is 5.73 Å². The van der Waals surface area contributed by atoms with Gasteiger partial charge in [-0.2, -0.15) is 20.1 Å². The van der Waals surface area contributed by atoms with E-state index in [0.717, 1.165) is 4.90 Å². The highest BCUT2D eigenvalue weighted by Crippen LogP contribution is 2.25. The largest absolute Gasteiger partial charge is 0.368 e. The summed E-state index contributed by atoms with van der Waals surface area (Å²) < 4.78 is 1.55. The summed E-state index contributed by atoms with van der Waals surface area (Å²) in [7, 11) is 0. The lowest BCUT2D eigenvalue weighted by Gasteiger charge is -2.05. The fourth-order valence-electron chi connectivity index (χ4n) is 1.68. The molecule has 0 saturated heterocycles. The summed E-state index contributed by atoms with van der Waals surface area (Å²) in [6, 6.07) is 9.91. The molecule has 100 valence electrons. The van der Waals surface area contributed by atoms with Crippen molar-refractivity contribution in [3.05, 3.63) is 48.3 Å². The van der Waals surface area contributed by atoms with E-state index in [1.807, 2.05) is 25.1 Å². The van der Waals surface area contributed by atoms with Gasteiger partial charge in [0, 0.05) is 17.3 Å². The lowest BCUT2D eigenvalue weighted by molar-refractivity contribution is 0.764. The van der Waals surface area contributed by atoms with Gasteiger partial charge in [0.1, 0.15) is 0 Å². The molecule has 0 saturated carbocycles. The van der Waals surface area contributed by atoms with E-state index < -0.39 is 0 Å². The average molecular weight is 284 g/mol. The van der Waals surface area contributed by atoms with Crippen molar-refractivity contribution in [1.82, 2.24) is 24.7 Å². The van der Waals surface area contributed by atoms with Crippen LogP contribution in [-0.2, 0) is 0 Å². The van der Waals surface area contributed by atoms with Gasteiger partial charge in [-0.3, -0.25) is 0 Å². The molecule has 2 aromatic heterocycles. The van der Waals surface area contributed by atoms with Crippen LogP contribution in [-0.4, -0.2) is 24.7 Å². The Labute approximate surface area is 120 Å². The van der Waals surface area contributed by atoms with Crippen LogP contribution >= 0.6 is 11.8 Å². The van der Waals surface area contributed by atoms with Crippen LogP contribution in [0.2, 0.25) is 0 Å². The average Bonchev–Trinajstić information content (AvgIpc) is 2.91. The summed E-state index contributed by atoms with van der Waals surface area (Å²) in [5.41, 5.74) is 6.92. The van der Waals surface area contributed by atoms with E-state index >= 15 is 0 Å². The first-order chi connectivity index (χ1) is 9.70. The van der Waals surface area contributed by atoms with E-state index in [1.165, 1.54) is 17.3 Å². The minimum Gasteiger partial charge on any atom is -0.368 e. The fourth-order valence-corrected chi connectivity index (χ4v) is 2.55. The summed E-state index contributed by atoms with van der Waals surface area (Å²) >= 11 is 1.44. The summed E-state index contributed by atoms with van der Waals surface area (Å²) in [6.45, 7) is 2.04. The van der Waals surface area contributed by atoms with Crippen LogP contribution in [0.15, 0.2) is 52.8 Å². The quantitative estimate of drug-likeness (QED) is 0.793. The third kappa shape index (κ3) is 2.77. The third-order valence-electron chi connectivity index (χ3n) is 2.53. The molecule has 2 heterocycles. The highest BCUT2D eigenvalue weighted by Gasteiger charge is 2.08. The molecule has 0 radical (unpaired) electrons. The Balaban J connectivity index is 1.94. The number of aromatic nitrogens is 5. The molecule has 0 aliphatic carbocycles. The monoisotopic (exact) mass is 284 g/mol. The van der Waals surface area contributed by atoms with Crippen molar-refractivity contribution < 1.29 is 0 Å². The number of aryl methyl sites for hydroxylation is 1. The number of hydrogen-bond donors (Lipinski definition) is 1. The lowest BCUT2D eigenvalue weighted by Crippen LogP contribution is -2.07. The Bertz CT molecular complexity index is 725. The highest BCUT2D eigenvalue weighted by atomic mass is 32.2. The van der Waals surface area contributed by atoms with Crippen molar-refractivity contribution in [1.29, 1.82) is 0 Å². The maximum Gasteiger partial charge on any atom is 0.256 e. The van der Waals surface area contributed by atoms with Gasteiger partial charge in [-0.25, -0.2) is 4.68 Å². The van der Waals surface area contributed by atoms with Gasteiger partial charge in [-0.05, 0) is 36.9 Å². The molecule has 6 nitrogen and oxygen atoms in total. The number of nitrogens with zero attached hydrogens (tertiary/aromatic N) is 5. The number of benzene rings is 1. The third-order valence-corrected chi connectivity index (χ3v) is 3.38. The number of nitrogen functional groups attached to an aromatic ring is 1. The van der Waals surface area contributed by atoms with Crippen LogP contribution in [0.1, 0.15) is 5.56 Å². The Morgan fingerprint density at radius 2 is 2.05 bits per heavy atom. The van der Waals surface area contributed by atoms with Gasteiger partial charge in [-0.15, -0.1) is 0 Å². The molecular formula is C13H12N6S. The van der Waals surface area contributed by atoms with Crippen LogP contribution in [0.4, 0.5) is 5.95 Å². The number of hydrogen-bond acceptors (Lipinski definition) is 6. The van der Waals surface area contributed by atoms with E-state index in [-0.39, 0.29) is 5.95 Å². The van der Waals surface area contributed by atoms with Crippen molar-refractivity contribution in [3.8, 4) is 5.95 Å². The molecule has 7 heteroatoms. The molecule has 0 amide bonds. The molecule has 3 rings (SSSR count). The number of anilines is 1. The van der Waals surface area contributed by atoms with Crippen LogP contribution in [0.3, 0.4) is 0 Å². The summed E-state index contributed by atoms with van der Waals surface area (Å²) in [4.78, 5) is 13.6. The van der Waals surface area contributed by atoms with Crippen LogP contribution in [0, 0.1) is 6.92 Å². The Morgan fingerprint density at radius 3 is 2.80 bits per heavy atom. The van der Waals surface area contributed by atoms with Crippen LogP contribution in [0.5, 0.6) is 0 Å². The molecule has 1 aromatic carbocycles. The summed E-state index contributed by atoms with van der Waals surface area (Å²) in [6.07, 6.45) is 3.42. The number of nitrogens with two attached hydrogens (primary N) is 1. The molecule has 0 aliphatic heterocycles. The van der Waals surface area contributed by atoms with Gasteiger partial charge in [0.15, 0.2) is 5.16 Å². The van der Waals surface area contributed by atoms with Gasteiger partial charge in [0.2, 0.25) is 5.95 Å². The molecule has 3 aromatic rings. The van der Waals surface area contributed by atoms with E-state index in [0.29, 0.717) is 11.1 Å². The number of rotatable bonds is 3. The van der Waals surface area contributed by atoms with Gasteiger partial charge >= 0.3 is 0 Å². The highest BCUT2D eigenvalue weighted by molar-refractivity contribution is 7.99. The lowest BCUT2D eigenvalue weighted by atomic mass is 10.2. The van der Waals surface area contributed by atoms with E-state index in [1.54, 1.807) is 23.1 Å². The van der Waals surface area contributed by atoms with Gasteiger partial charge in [-0.1, -0.05) is 17.7 Å². The van der Waals surface area contributed by atoms with Crippen molar-refractivity contribution >= 4 is 17.7 Å². The first-order valence-electron chi connectivity index (χ1n) is 5.97. The Morgan fingerprint density at radius 1 is 1.15 bits per heavy atom. The Hall–Kier alpha value is -2.41. The molecule has 0 spiro atoms. The van der Waals surface area contributed by atoms with Crippen molar-refractivity contribution in [2.75, 3.05) is 5.73 Å². The van der Waals surface area contributed by atoms with Crippen molar-refractivity contribution in [2.45, 2.75) is 17.0 Å². The smallest absolute Gasteiger partial charge is 0.256 e. The van der Waals surface area contributed by atoms with Crippen molar-refractivity contribution in [2.24, 2.45) is 0 Å². The summed E-state index contributed by atoms with van der Waals surface area (Å²) in [5.74, 6) is 0.596. The zero-order valence-corrected chi connectivity index (χ0v) is 11.6. The van der Waals surface area contributed by atoms with Gasteiger partial charge < -0.3 is 5.73 Å². The van der Waals surface area contributed by atoms with Crippen molar-refractivity contribution in [3.63, 3.8) is 0 Å². The molecule has 0 unspecified atom stereocenters. The standard InChI is InChI=1S/C13H12N6S/c1-9-4-2-5-10(8-9)20-13-17-11(14)16-12(18-13)19-7-3-6-15-19/h2-8H,1H3,(H2,14,16,17,18). The molecule has 0 atom stereocenters. The second-order valence-electron chi connectivity index (χ2n) is 4.15. The van der Waals surface area contributed by atoms with E-state index in [4.69, 9.17) is 5.73 Å². The minimum atomic E-state index is 0.181. The van der Waals surface area contributed by atoms with E-state index in [2.05, 4.69) is 26.1 Å². The first-order valence-corrected chi connectivity index (χ1v) is 6.78. The maximum atomic E-state index is 5.73. The minimum absolute atomic E-state index is 0.181. The summed E-state index contributed by atoms with van der Waals surface area (Å²) in [5, 5.41) is 4.64. The topological polar surface area (TPSA) is 82.5 Å². The van der Waals surface area contributed by atoms with Gasteiger partial charge in [0.05, 0.1) is 0 Å². The predicted octanol–water partition coefficient (Wildman–Crippen LogP) is 2.10. The molecule has 0 aliphatic rings. The molecule has 20 heavy (non-hydrogen) atoms. The SMILES string of the molecule is Cc1cccc(Sc2nc(N)nc(-n3cccn3)n2)c1.